The number of thiol groups is 1. The number of amidine groups is 1. The normalized spacial score (nSPS) is 20.8. The number of hydrogen-bond donors (Lipinski definition) is 2. The molecule has 0 bridgehead atoms. The third-order valence-electron chi connectivity index (χ3n) is 2.76. The quantitative estimate of drug-likeness (QED) is 0.321. The second-order valence-corrected chi connectivity index (χ2v) is 4.54. The Morgan fingerprint density at radius 1 is 1.21 bits per heavy atom. The molecule has 1 aliphatic rings. The zero-order valence-corrected chi connectivity index (χ0v) is 9.81. The van der Waals surface area contributed by atoms with Gasteiger partial charge in [-0.3, -0.25) is 4.99 Å². The molecule has 82 valence electrons. The van der Waals surface area contributed by atoms with E-state index in [-0.39, 0.29) is 0 Å². The Kier molecular flexibility index (Phi) is 6.08. The van der Waals surface area contributed by atoms with Gasteiger partial charge in [-0.15, -0.1) is 0 Å². The van der Waals surface area contributed by atoms with Crippen LogP contribution in [0.4, 0.5) is 0 Å². The average Bonchev–Trinajstić information content (AvgIpc) is 2.43. The van der Waals surface area contributed by atoms with E-state index in [9.17, 15) is 0 Å². The first-order valence-corrected chi connectivity index (χ1v) is 6.39. The average molecular weight is 214 g/mol. The van der Waals surface area contributed by atoms with Crippen LogP contribution in [0.25, 0.3) is 0 Å². The monoisotopic (exact) mass is 214 g/mol. The molecule has 1 aliphatic carbocycles. The summed E-state index contributed by atoms with van der Waals surface area (Å²) in [6, 6.07) is 0.511. The molecular formula is C11H22N2S. The van der Waals surface area contributed by atoms with Gasteiger partial charge in [0.15, 0.2) is 0 Å². The van der Waals surface area contributed by atoms with Gasteiger partial charge in [-0.05, 0) is 25.0 Å². The van der Waals surface area contributed by atoms with Crippen LogP contribution in [0, 0.1) is 0 Å². The van der Waals surface area contributed by atoms with Crippen molar-refractivity contribution >= 4 is 18.5 Å². The van der Waals surface area contributed by atoms with Gasteiger partial charge < -0.3 is 5.73 Å². The van der Waals surface area contributed by atoms with Crippen LogP contribution in [0.3, 0.4) is 0 Å². The summed E-state index contributed by atoms with van der Waals surface area (Å²) in [7, 11) is 0. The highest BCUT2D eigenvalue weighted by Crippen LogP contribution is 2.19. The Bertz CT molecular complexity index is 172. The molecule has 14 heavy (non-hydrogen) atoms. The minimum Gasteiger partial charge on any atom is -0.387 e. The fourth-order valence-electron chi connectivity index (χ4n) is 1.95. The van der Waals surface area contributed by atoms with E-state index in [0.717, 1.165) is 24.4 Å². The zero-order chi connectivity index (χ0) is 10.2. The largest absolute Gasteiger partial charge is 0.387 e. The summed E-state index contributed by atoms with van der Waals surface area (Å²) in [5, 5.41) is 0. The fraction of sp³-hybridized carbons (Fsp3) is 0.909. The molecule has 0 spiro atoms. The van der Waals surface area contributed by atoms with E-state index < -0.39 is 0 Å². The topological polar surface area (TPSA) is 38.4 Å². The van der Waals surface area contributed by atoms with Crippen molar-refractivity contribution in [2.45, 2.75) is 57.4 Å². The van der Waals surface area contributed by atoms with Gasteiger partial charge in [0.1, 0.15) is 0 Å². The molecule has 0 heterocycles. The predicted octanol–water partition coefficient (Wildman–Crippen LogP) is 2.78. The molecule has 0 amide bonds. The number of aliphatic imine (C=N–C) groups is 1. The Morgan fingerprint density at radius 3 is 2.43 bits per heavy atom. The van der Waals surface area contributed by atoms with Crippen LogP contribution in [0.5, 0.6) is 0 Å². The van der Waals surface area contributed by atoms with Gasteiger partial charge >= 0.3 is 0 Å². The van der Waals surface area contributed by atoms with Crippen molar-refractivity contribution in [1.82, 2.24) is 0 Å². The highest BCUT2D eigenvalue weighted by Gasteiger charge is 2.10. The lowest BCUT2D eigenvalue weighted by Gasteiger charge is -2.09. The van der Waals surface area contributed by atoms with Crippen molar-refractivity contribution in [1.29, 1.82) is 0 Å². The first-order valence-electron chi connectivity index (χ1n) is 5.76. The molecule has 2 N–H and O–H groups in total. The number of nitrogens with zero attached hydrogens (tertiary/aromatic N) is 1. The minimum absolute atomic E-state index is 0.511. The van der Waals surface area contributed by atoms with Crippen LogP contribution in [-0.4, -0.2) is 17.6 Å². The Morgan fingerprint density at radius 2 is 1.86 bits per heavy atom. The van der Waals surface area contributed by atoms with Crippen LogP contribution >= 0.6 is 12.6 Å². The van der Waals surface area contributed by atoms with Crippen molar-refractivity contribution in [3.8, 4) is 0 Å². The Labute approximate surface area is 92.8 Å². The van der Waals surface area contributed by atoms with Gasteiger partial charge in [-0.2, -0.15) is 12.6 Å². The van der Waals surface area contributed by atoms with Gasteiger partial charge in [0.2, 0.25) is 0 Å². The molecule has 0 aliphatic heterocycles. The fourth-order valence-corrected chi connectivity index (χ4v) is 2.10. The van der Waals surface area contributed by atoms with Gasteiger partial charge in [0.05, 0.1) is 11.9 Å². The van der Waals surface area contributed by atoms with Crippen molar-refractivity contribution < 1.29 is 0 Å². The number of hydrogen-bond acceptors (Lipinski definition) is 2. The van der Waals surface area contributed by atoms with E-state index in [4.69, 9.17) is 5.73 Å². The van der Waals surface area contributed by atoms with Crippen molar-refractivity contribution in [3.63, 3.8) is 0 Å². The minimum atomic E-state index is 0.511. The second-order valence-electron chi connectivity index (χ2n) is 4.09. The van der Waals surface area contributed by atoms with E-state index in [0.29, 0.717) is 6.04 Å². The summed E-state index contributed by atoms with van der Waals surface area (Å²) in [6.45, 7) is 0. The maximum Gasteiger partial charge on any atom is 0.0940 e. The molecule has 0 aromatic heterocycles. The first-order chi connectivity index (χ1) is 6.83. The number of rotatable bonds is 4. The van der Waals surface area contributed by atoms with Gasteiger partial charge in [-0.25, -0.2) is 0 Å². The second kappa shape index (κ2) is 7.16. The Hall–Kier alpha value is -0.180. The Balaban J connectivity index is 2.31. The van der Waals surface area contributed by atoms with E-state index in [1.807, 2.05) is 0 Å². The summed E-state index contributed by atoms with van der Waals surface area (Å²) >= 11 is 4.17. The lowest BCUT2D eigenvalue weighted by molar-refractivity contribution is 0.583. The summed E-state index contributed by atoms with van der Waals surface area (Å²) in [5.41, 5.74) is 5.86. The molecule has 1 rings (SSSR count). The standard InChI is InChI=1S/C11H22N2S/c12-11(8-5-9-14)13-10-6-3-1-2-4-7-10/h10,14H,1-9H2,(H2,12,13). The molecule has 0 radical (unpaired) electrons. The molecule has 0 saturated heterocycles. The van der Waals surface area contributed by atoms with E-state index in [2.05, 4.69) is 17.6 Å². The van der Waals surface area contributed by atoms with Gasteiger partial charge in [-0.1, -0.05) is 25.7 Å². The first kappa shape index (κ1) is 11.9. The predicted molar refractivity (Wildman–Crippen MR) is 66.2 cm³/mol. The zero-order valence-electron chi connectivity index (χ0n) is 8.91. The van der Waals surface area contributed by atoms with E-state index in [1.165, 1.54) is 38.5 Å². The van der Waals surface area contributed by atoms with Crippen LogP contribution in [0.1, 0.15) is 51.4 Å². The van der Waals surface area contributed by atoms with Crippen molar-refractivity contribution in [2.24, 2.45) is 10.7 Å². The molecule has 0 aromatic rings. The molecule has 0 unspecified atom stereocenters. The summed E-state index contributed by atoms with van der Waals surface area (Å²) < 4.78 is 0. The van der Waals surface area contributed by atoms with Gasteiger partial charge in [0.25, 0.3) is 0 Å². The van der Waals surface area contributed by atoms with Crippen LogP contribution in [-0.2, 0) is 0 Å². The van der Waals surface area contributed by atoms with Crippen LogP contribution in [0.2, 0.25) is 0 Å². The molecule has 3 heteroatoms. The summed E-state index contributed by atoms with van der Waals surface area (Å²) in [5.74, 6) is 1.74. The molecule has 2 nitrogen and oxygen atoms in total. The van der Waals surface area contributed by atoms with Crippen molar-refractivity contribution in [3.05, 3.63) is 0 Å². The maximum absolute atomic E-state index is 5.86. The SMILES string of the molecule is NC(CCCS)=NC1CCCCCC1. The van der Waals surface area contributed by atoms with E-state index in [1.54, 1.807) is 0 Å². The van der Waals surface area contributed by atoms with Gasteiger partial charge in [0, 0.05) is 6.42 Å². The molecule has 1 saturated carbocycles. The maximum atomic E-state index is 5.86. The smallest absolute Gasteiger partial charge is 0.0940 e. The molecule has 0 atom stereocenters. The highest BCUT2D eigenvalue weighted by atomic mass is 32.1. The van der Waals surface area contributed by atoms with Crippen LogP contribution in [0.15, 0.2) is 4.99 Å². The molecule has 1 fully saturated rings. The number of nitrogens with two attached hydrogens (primary N) is 1. The molecule has 0 aromatic carbocycles. The highest BCUT2D eigenvalue weighted by molar-refractivity contribution is 7.80. The van der Waals surface area contributed by atoms with E-state index >= 15 is 0 Å². The lowest BCUT2D eigenvalue weighted by Crippen LogP contribution is -2.16. The lowest BCUT2D eigenvalue weighted by atomic mass is 10.1. The third kappa shape index (κ3) is 4.89. The van der Waals surface area contributed by atoms with Crippen LogP contribution < -0.4 is 5.73 Å². The summed E-state index contributed by atoms with van der Waals surface area (Å²) in [6.07, 6.45) is 9.85. The summed E-state index contributed by atoms with van der Waals surface area (Å²) in [4.78, 5) is 4.59. The van der Waals surface area contributed by atoms with Crippen molar-refractivity contribution in [2.75, 3.05) is 5.75 Å². The molecular weight excluding hydrogens is 192 g/mol. The third-order valence-corrected chi connectivity index (χ3v) is 3.08.